The standard InChI is InChI=1S/C17H16O2/c18-19-17(15-10-5-2-6-11-15)13-7-12-16(17)14-8-3-1-4-9-14/h1-6,8-12,18H,7,13H2. The maximum Gasteiger partial charge on any atom is 0.154 e. The van der Waals surface area contributed by atoms with Gasteiger partial charge in [-0.15, -0.1) is 0 Å². The molecule has 0 heterocycles. The average molecular weight is 252 g/mol. The van der Waals surface area contributed by atoms with Crippen LogP contribution in [0.5, 0.6) is 0 Å². The van der Waals surface area contributed by atoms with Gasteiger partial charge in [0, 0.05) is 0 Å². The van der Waals surface area contributed by atoms with Crippen molar-refractivity contribution in [3.63, 3.8) is 0 Å². The molecule has 0 aromatic heterocycles. The Hall–Kier alpha value is -1.90. The molecule has 0 saturated heterocycles. The van der Waals surface area contributed by atoms with Crippen LogP contribution in [0.15, 0.2) is 66.7 Å². The van der Waals surface area contributed by atoms with Crippen LogP contribution in [0.3, 0.4) is 0 Å². The zero-order chi connectivity index (χ0) is 13.1. The van der Waals surface area contributed by atoms with Crippen molar-refractivity contribution in [1.29, 1.82) is 0 Å². The summed E-state index contributed by atoms with van der Waals surface area (Å²) >= 11 is 0. The lowest BCUT2D eigenvalue weighted by Crippen LogP contribution is -2.27. The average Bonchev–Trinajstić information content (AvgIpc) is 2.94. The first-order valence-electron chi connectivity index (χ1n) is 6.51. The number of hydrogen-bond acceptors (Lipinski definition) is 2. The van der Waals surface area contributed by atoms with Gasteiger partial charge in [0.2, 0.25) is 0 Å². The summed E-state index contributed by atoms with van der Waals surface area (Å²) in [5, 5.41) is 9.56. The Morgan fingerprint density at radius 1 is 0.895 bits per heavy atom. The zero-order valence-corrected chi connectivity index (χ0v) is 10.6. The lowest BCUT2D eigenvalue weighted by Gasteiger charge is -2.29. The van der Waals surface area contributed by atoms with E-state index in [1.165, 1.54) is 0 Å². The molecule has 3 rings (SSSR count). The van der Waals surface area contributed by atoms with Crippen LogP contribution in [0.1, 0.15) is 24.0 Å². The summed E-state index contributed by atoms with van der Waals surface area (Å²) in [4.78, 5) is 4.98. The fraction of sp³-hybridized carbons (Fsp3) is 0.176. The Kier molecular flexibility index (Phi) is 3.20. The van der Waals surface area contributed by atoms with Crippen LogP contribution >= 0.6 is 0 Å². The fourth-order valence-electron chi connectivity index (χ4n) is 2.84. The van der Waals surface area contributed by atoms with Crippen molar-refractivity contribution < 1.29 is 10.1 Å². The summed E-state index contributed by atoms with van der Waals surface area (Å²) < 4.78 is 0. The Balaban J connectivity index is 2.10. The van der Waals surface area contributed by atoms with Crippen molar-refractivity contribution >= 4 is 5.57 Å². The van der Waals surface area contributed by atoms with Gasteiger partial charge in [-0.25, -0.2) is 4.89 Å². The third-order valence-electron chi connectivity index (χ3n) is 3.76. The molecule has 0 fully saturated rings. The summed E-state index contributed by atoms with van der Waals surface area (Å²) in [5.41, 5.74) is 2.40. The van der Waals surface area contributed by atoms with Crippen molar-refractivity contribution in [1.82, 2.24) is 0 Å². The molecule has 0 bridgehead atoms. The third kappa shape index (κ3) is 1.99. The minimum absolute atomic E-state index is 0.734. The molecule has 1 atom stereocenters. The molecule has 0 radical (unpaired) electrons. The molecule has 1 aliphatic rings. The maximum atomic E-state index is 9.56. The first-order valence-corrected chi connectivity index (χ1v) is 6.51. The summed E-state index contributed by atoms with van der Waals surface area (Å²) in [6.07, 6.45) is 3.82. The van der Waals surface area contributed by atoms with Crippen molar-refractivity contribution in [2.24, 2.45) is 0 Å². The first-order chi connectivity index (χ1) is 9.37. The number of hydrogen-bond donors (Lipinski definition) is 1. The Labute approximate surface area is 112 Å². The molecule has 2 heteroatoms. The van der Waals surface area contributed by atoms with E-state index >= 15 is 0 Å². The van der Waals surface area contributed by atoms with E-state index in [1.807, 2.05) is 60.7 Å². The van der Waals surface area contributed by atoms with Gasteiger partial charge < -0.3 is 0 Å². The normalized spacial score (nSPS) is 22.3. The molecular weight excluding hydrogens is 236 g/mol. The quantitative estimate of drug-likeness (QED) is 0.653. The van der Waals surface area contributed by atoms with Gasteiger partial charge in [0.25, 0.3) is 0 Å². The Morgan fingerprint density at radius 2 is 1.53 bits per heavy atom. The van der Waals surface area contributed by atoms with Crippen LogP contribution in [0.2, 0.25) is 0 Å². The molecule has 2 aromatic carbocycles. The van der Waals surface area contributed by atoms with Gasteiger partial charge in [-0.1, -0.05) is 66.7 Å². The highest BCUT2D eigenvalue weighted by atomic mass is 17.1. The monoisotopic (exact) mass is 252 g/mol. The summed E-state index contributed by atoms with van der Waals surface area (Å²) in [5.74, 6) is 0. The van der Waals surface area contributed by atoms with Gasteiger partial charge in [-0.2, -0.15) is 0 Å². The molecule has 1 aliphatic carbocycles. The fourth-order valence-corrected chi connectivity index (χ4v) is 2.84. The van der Waals surface area contributed by atoms with Crippen molar-refractivity contribution in [2.45, 2.75) is 18.4 Å². The van der Waals surface area contributed by atoms with E-state index in [0.717, 1.165) is 29.5 Å². The summed E-state index contributed by atoms with van der Waals surface area (Å²) in [6, 6.07) is 20.0. The smallest absolute Gasteiger partial charge is 0.154 e. The van der Waals surface area contributed by atoms with Gasteiger partial charge in [0.05, 0.1) is 0 Å². The molecule has 1 unspecified atom stereocenters. The second-order valence-corrected chi connectivity index (χ2v) is 4.81. The minimum Gasteiger partial charge on any atom is -0.251 e. The Morgan fingerprint density at radius 3 is 2.16 bits per heavy atom. The predicted molar refractivity (Wildman–Crippen MR) is 75.5 cm³/mol. The maximum absolute atomic E-state index is 9.56. The topological polar surface area (TPSA) is 29.5 Å². The molecule has 0 aliphatic heterocycles. The van der Waals surface area contributed by atoms with Gasteiger partial charge in [0.15, 0.2) is 5.60 Å². The summed E-state index contributed by atoms with van der Waals surface area (Å²) in [7, 11) is 0. The van der Waals surface area contributed by atoms with E-state index in [4.69, 9.17) is 4.89 Å². The van der Waals surface area contributed by atoms with Crippen molar-refractivity contribution in [3.05, 3.63) is 77.9 Å². The van der Waals surface area contributed by atoms with Crippen LogP contribution < -0.4 is 0 Å². The second kappa shape index (κ2) is 5.00. The van der Waals surface area contributed by atoms with Gasteiger partial charge in [-0.05, 0) is 29.5 Å². The van der Waals surface area contributed by atoms with E-state index in [0.29, 0.717) is 0 Å². The van der Waals surface area contributed by atoms with Crippen LogP contribution in [0.25, 0.3) is 5.57 Å². The second-order valence-electron chi connectivity index (χ2n) is 4.81. The molecule has 19 heavy (non-hydrogen) atoms. The highest BCUT2D eigenvalue weighted by Gasteiger charge is 2.41. The Bertz CT molecular complexity index is 575. The van der Waals surface area contributed by atoms with Gasteiger partial charge in [-0.3, -0.25) is 5.26 Å². The van der Waals surface area contributed by atoms with Crippen LogP contribution in [0.4, 0.5) is 0 Å². The summed E-state index contributed by atoms with van der Waals surface area (Å²) in [6.45, 7) is 0. The molecule has 0 saturated carbocycles. The number of benzene rings is 2. The third-order valence-corrected chi connectivity index (χ3v) is 3.76. The van der Waals surface area contributed by atoms with Crippen LogP contribution in [-0.2, 0) is 10.5 Å². The van der Waals surface area contributed by atoms with Gasteiger partial charge >= 0.3 is 0 Å². The number of rotatable bonds is 3. The van der Waals surface area contributed by atoms with E-state index in [9.17, 15) is 5.26 Å². The van der Waals surface area contributed by atoms with Crippen molar-refractivity contribution in [3.8, 4) is 0 Å². The highest BCUT2D eigenvalue weighted by molar-refractivity contribution is 5.75. The molecular formula is C17H16O2. The van der Waals surface area contributed by atoms with E-state index in [-0.39, 0.29) is 0 Å². The molecule has 0 spiro atoms. The minimum atomic E-state index is -0.734. The SMILES string of the molecule is OOC1(c2ccccc2)CCC=C1c1ccccc1. The lowest BCUT2D eigenvalue weighted by atomic mass is 9.84. The molecule has 1 N–H and O–H groups in total. The van der Waals surface area contributed by atoms with Gasteiger partial charge in [0.1, 0.15) is 0 Å². The van der Waals surface area contributed by atoms with E-state index in [1.54, 1.807) is 0 Å². The largest absolute Gasteiger partial charge is 0.251 e. The molecule has 2 aromatic rings. The predicted octanol–water partition coefficient (Wildman–Crippen LogP) is 4.25. The van der Waals surface area contributed by atoms with Crippen LogP contribution in [0, 0.1) is 0 Å². The number of allylic oxidation sites excluding steroid dienone is 1. The van der Waals surface area contributed by atoms with E-state index < -0.39 is 5.60 Å². The van der Waals surface area contributed by atoms with Crippen LogP contribution in [-0.4, -0.2) is 5.26 Å². The molecule has 96 valence electrons. The van der Waals surface area contributed by atoms with Crippen molar-refractivity contribution in [2.75, 3.05) is 0 Å². The first kappa shape index (κ1) is 12.2. The molecule has 0 amide bonds. The lowest BCUT2D eigenvalue weighted by molar-refractivity contribution is -0.309. The molecule has 2 nitrogen and oxygen atoms in total. The van der Waals surface area contributed by atoms with E-state index in [2.05, 4.69) is 6.08 Å². The highest BCUT2D eigenvalue weighted by Crippen LogP contribution is 2.47. The zero-order valence-electron chi connectivity index (χ0n) is 10.6.